The zero-order valence-corrected chi connectivity index (χ0v) is 20.7. The van der Waals surface area contributed by atoms with Crippen molar-refractivity contribution < 1.29 is 18.4 Å². The highest BCUT2D eigenvalue weighted by Gasteiger charge is 2.30. The molecule has 0 rings (SSSR count). The smallest absolute Gasteiger partial charge is 0.334 e. The summed E-state index contributed by atoms with van der Waals surface area (Å²) in [5, 5.41) is -0.271. The second-order valence-electron chi connectivity index (χ2n) is 7.59. The molecule has 6 heteroatoms. The van der Waals surface area contributed by atoms with Crippen LogP contribution in [0.25, 0.3) is 0 Å². The number of ketones is 1. The van der Waals surface area contributed by atoms with Crippen molar-refractivity contribution in [1.82, 2.24) is 0 Å². The van der Waals surface area contributed by atoms with Crippen molar-refractivity contribution >= 4 is 31.2 Å². The Morgan fingerprint density at radius 2 is 1.25 bits per heavy atom. The zero-order valence-electron chi connectivity index (χ0n) is 18.9. The van der Waals surface area contributed by atoms with E-state index in [9.17, 15) is 9.59 Å². The molecule has 0 saturated heterocycles. The van der Waals surface area contributed by atoms with Crippen LogP contribution in [0.2, 0.25) is 12.6 Å². The molecule has 0 unspecified atom stereocenters. The monoisotopic (exact) mass is 432 g/mol. The molecule has 0 aliphatic heterocycles. The molecule has 0 aliphatic carbocycles. The summed E-state index contributed by atoms with van der Waals surface area (Å²) in [4.78, 5) is 23.9. The quantitative estimate of drug-likeness (QED) is 0.122. The topological polar surface area (TPSA) is 52.6 Å². The van der Waals surface area contributed by atoms with Crippen molar-refractivity contribution in [3.63, 3.8) is 0 Å². The third kappa shape index (κ3) is 15.7. The van der Waals surface area contributed by atoms with Crippen LogP contribution in [-0.2, 0) is 18.4 Å². The van der Waals surface area contributed by atoms with Gasteiger partial charge in [0.25, 0.3) is 5.12 Å². The number of carbonyl (C=O) groups excluding carboxylic acids is 2. The lowest BCUT2D eigenvalue weighted by Crippen LogP contribution is -2.38. The second kappa shape index (κ2) is 18.8. The van der Waals surface area contributed by atoms with E-state index >= 15 is 0 Å². The molecule has 0 atom stereocenters. The largest absolute Gasteiger partial charge is 0.395 e. The molecule has 0 radical (unpaired) electrons. The molecular formula is C22H44O4SSi. The molecule has 0 N–H and O–H groups in total. The lowest BCUT2D eigenvalue weighted by Gasteiger charge is -2.25. The van der Waals surface area contributed by atoms with Crippen LogP contribution in [0.5, 0.6) is 0 Å². The van der Waals surface area contributed by atoms with Crippen LogP contribution in [0.3, 0.4) is 0 Å². The zero-order chi connectivity index (χ0) is 21.1. The van der Waals surface area contributed by atoms with Gasteiger partial charge in [0.2, 0.25) is 5.78 Å². The van der Waals surface area contributed by atoms with Crippen LogP contribution in [0, 0.1) is 0 Å². The van der Waals surface area contributed by atoms with E-state index in [0.29, 0.717) is 25.4 Å². The summed E-state index contributed by atoms with van der Waals surface area (Å²) in [7, 11) is -2.11. The summed E-state index contributed by atoms with van der Waals surface area (Å²) in [6.45, 7) is 9.59. The van der Waals surface area contributed by atoms with Gasteiger partial charge >= 0.3 is 8.56 Å². The fourth-order valence-electron chi connectivity index (χ4n) is 3.31. The summed E-state index contributed by atoms with van der Waals surface area (Å²) >= 11 is 1.17. The summed E-state index contributed by atoms with van der Waals surface area (Å²) in [6, 6.07) is 0.863. The Kier molecular flexibility index (Phi) is 18.7. The Morgan fingerprint density at radius 1 is 0.750 bits per heavy atom. The van der Waals surface area contributed by atoms with Gasteiger partial charge < -0.3 is 8.85 Å². The lowest BCUT2D eigenvalue weighted by molar-refractivity contribution is -0.131. The first-order valence-electron chi connectivity index (χ1n) is 11.5. The van der Waals surface area contributed by atoms with Gasteiger partial charge in [-0.15, -0.1) is 0 Å². The predicted octanol–water partition coefficient (Wildman–Crippen LogP) is 6.66. The number of hydrogen-bond acceptors (Lipinski definition) is 5. The van der Waals surface area contributed by atoms with E-state index in [2.05, 4.69) is 13.5 Å². The maximum absolute atomic E-state index is 12.0. The van der Waals surface area contributed by atoms with Gasteiger partial charge in [-0.25, -0.2) is 0 Å². The lowest BCUT2D eigenvalue weighted by atomic mass is 10.1. The van der Waals surface area contributed by atoms with E-state index < -0.39 is 8.56 Å². The molecule has 0 amide bonds. The number of hydrogen-bond donors (Lipinski definition) is 0. The summed E-state index contributed by atoms with van der Waals surface area (Å²) in [5.41, 5.74) is 0. The fraction of sp³-hybridized carbons (Fsp3) is 0.909. The molecule has 0 saturated carbocycles. The van der Waals surface area contributed by atoms with Gasteiger partial charge in [0.05, 0.1) is 0 Å². The van der Waals surface area contributed by atoms with Gasteiger partial charge in [-0.1, -0.05) is 76.5 Å². The number of Topliss-reactive ketones (excluding diaryl/α,β-unsaturated/α-hetero) is 1. The first-order chi connectivity index (χ1) is 13.5. The average Bonchev–Trinajstić information content (AvgIpc) is 2.66. The highest BCUT2D eigenvalue weighted by Crippen LogP contribution is 2.19. The van der Waals surface area contributed by atoms with Gasteiger partial charge in [0.1, 0.15) is 0 Å². The normalized spacial score (nSPS) is 11.7. The van der Waals surface area contributed by atoms with E-state index in [1.165, 1.54) is 63.1 Å². The molecule has 4 nitrogen and oxygen atoms in total. The highest BCUT2D eigenvalue weighted by molar-refractivity contribution is 8.15. The summed E-state index contributed by atoms with van der Waals surface area (Å²) in [5.74, 6) is 0.463. The molecular weight excluding hydrogens is 388 g/mol. The molecule has 0 aliphatic rings. The van der Waals surface area contributed by atoms with E-state index in [0.717, 1.165) is 25.3 Å². The van der Waals surface area contributed by atoms with Crippen LogP contribution < -0.4 is 0 Å². The molecule has 28 heavy (non-hydrogen) atoms. The Morgan fingerprint density at radius 3 is 1.75 bits per heavy atom. The van der Waals surface area contributed by atoms with Gasteiger partial charge in [0.15, 0.2) is 0 Å². The summed E-state index contributed by atoms with van der Waals surface area (Å²) < 4.78 is 11.6. The van der Waals surface area contributed by atoms with Crippen LogP contribution >= 0.6 is 11.8 Å². The molecule has 0 aromatic carbocycles. The van der Waals surface area contributed by atoms with Gasteiger partial charge in [-0.3, -0.25) is 9.59 Å². The number of thioether (sulfide) groups is 1. The van der Waals surface area contributed by atoms with Crippen molar-refractivity contribution in [2.45, 2.75) is 110 Å². The number of rotatable bonds is 20. The van der Waals surface area contributed by atoms with Crippen LogP contribution in [-0.4, -0.2) is 38.4 Å². The molecule has 0 aromatic rings. The van der Waals surface area contributed by atoms with E-state index in [1.807, 2.05) is 13.8 Å². The highest BCUT2D eigenvalue weighted by atomic mass is 32.2. The Bertz CT molecular complexity index is 398. The third-order valence-corrected chi connectivity index (χ3v) is 8.94. The maximum Gasteiger partial charge on any atom is 0.334 e. The molecule has 0 aromatic heterocycles. The number of unbranched alkanes of at least 4 members (excludes halogenated alkanes) is 9. The molecule has 0 fully saturated rings. The van der Waals surface area contributed by atoms with E-state index in [1.54, 1.807) is 0 Å². The van der Waals surface area contributed by atoms with Crippen LogP contribution in [0.15, 0.2) is 0 Å². The third-order valence-electron chi connectivity index (χ3n) is 4.89. The van der Waals surface area contributed by atoms with E-state index in [4.69, 9.17) is 8.85 Å². The Hall–Kier alpha value is -0.173. The first kappa shape index (κ1) is 27.8. The minimum Gasteiger partial charge on any atom is -0.395 e. The minimum atomic E-state index is -2.11. The second-order valence-corrected chi connectivity index (χ2v) is 12.0. The van der Waals surface area contributed by atoms with Crippen molar-refractivity contribution in [3.05, 3.63) is 0 Å². The molecule has 0 bridgehead atoms. The Labute approximate surface area is 179 Å². The van der Waals surface area contributed by atoms with E-state index in [-0.39, 0.29) is 10.9 Å². The molecule has 166 valence electrons. The number of carbonyl (C=O) groups is 2. The van der Waals surface area contributed by atoms with Crippen LogP contribution in [0.4, 0.5) is 0 Å². The maximum atomic E-state index is 12.0. The van der Waals surface area contributed by atoms with Crippen molar-refractivity contribution in [2.24, 2.45) is 0 Å². The van der Waals surface area contributed by atoms with Crippen LogP contribution in [0.1, 0.15) is 97.8 Å². The molecule has 0 heterocycles. The van der Waals surface area contributed by atoms with Crippen molar-refractivity contribution in [3.8, 4) is 0 Å². The Balaban J connectivity index is 3.67. The first-order valence-corrected chi connectivity index (χ1v) is 15.0. The molecule has 0 spiro atoms. The minimum absolute atomic E-state index is 0.209. The average molecular weight is 433 g/mol. The SMILES string of the molecule is CCCCCCCCCCCCC(=O)C(=O)SCCC[Si](C)(OCC)OCC. The van der Waals surface area contributed by atoms with Crippen molar-refractivity contribution in [2.75, 3.05) is 19.0 Å². The standard InChI is InChI=1S/C22H44O4SSi/c1-5-8-9-10-11-12-13-14-15-16-18-21(23)22(24)27-19-17-20-28(4,25-6-2)26-7-3/h5-20H2,1-4H3. The van der Waals surface area contributed by atoms with Gasteiger partial charge in [-0.05, 0) is 39.3 Å². The van der Waals surface area contributed by atoms with Gasteiger partial charge in [0, 0.05) is 25.4 Å². The summed E-state index contributed by atoms with van der Waals surface area (Å²) in [6.07, 6.45) is 13.6. The van der Waals surface area contributed by atoms with Crippen molar-refractivity contribution in [1.29, 1.82) is 0 Å². The van der Waals surface area contributed by atoms with Gasteiger partial charge in [-0.2, -0.15) is 0 Å². The predicted molar refractivity (Wildman–Crippen MR) is 123 cm³/mol. The fourth-order valence-corrected chi connectivity index (χ4v) is 6.72.